The van der Waals surface area contributed by atoms with E-state index in [-0.39, 0.29) is 25.2 Å². The summed E-state index contributed by atoms with van der Waals surface area (Å²) in [4.78, 5) is 12.2. The van der Waals surface area contributed by atoms with Crippen molar-refractivity contribution >= 4 is 21.9 Å². The molecule has 1 atom stereocenters. The van der Waals surface area contributed by atoms with Crippen LogP contribution in [0.5, 0.6) is 0 Å². The summed E-state index contributed by atoms with van der Waals surface area (Å²) in [5.74, 6) is -2.29. The van der Waals surface area contributed by atoms with Crippen LogP contribution in [0.2, 0.25) is 18.1 Å². The molecule has 0 aromatic carbocycles. The summed E-state index contributed by atoms with van der Waals surface area (Å²) in [5, 5.41) is 0. The predicted molar refractivity (Wildman–Crippen MR) is 110 cm³/mol. The first kappa shape index (κ1) is 26.0. The first-order valence-electron chi connectivity index (χ1n) is 10.0. The number of hydrogen-bond donors (Lipinski definition) is 0. The van der Waals surface area contributed by atoms with Crippen molar-refractivity contribution in [2.45, 2.75) is 64.8 Å². The van der Waals surface area contributed by atoms with Crippen LogP contribution in [0.1, 0.15) is 41.0 Å². The van der Waals surface area contributed by atoms with Crippen molar-refractivity contribution < 1.29 is 36.4 Å². The van der Waals surface area contributed by atoms with Crippen LogP contribution >= 0.6 is 7.60 Å². The Hall–Kier alpha value is -1.02. The molecule has 0 amide bonds. The van der Waals surface area contributed by atoms with Gasteiger partial charge in [-0.05, 0) is 44.1 Å². The standard InChI is InChI=1S/C19H33F2O6PSi/c1-7-25-28(23,26-8-2)19(20,21)17-14-15(12-13-16(17)18(22)24-6)27-29(9-3,10-4)11-5/h12-13,17H,7-11,14H2,1-6H3. The van der Waals surface area contributed by atoms with Crippen LogP contribution in [-0.4, -0.2) is 40.3 Å². The zero-order chi connectivity index (χ0) is 22.3. The van der Waals surface area contributed by atoms with Crippen molar-refractivity contribution in [3.8, 4) is 0 Å². The summed E-state index contributed by atoms with van der Waals surface area (Å²) in [6.45, 7) is 8.57. The van der Waals surface area contributed by atoms with Gasteiger partial charge in [0.25, 0.3) is 0 Å². The van der Waals surface area contributed by atoms with Crippen molar-refractivity contribution in [1.29, 1.82) is 0 Å². The molecule has 1 rings (SSSR count). The molecule has 0 aliphatic heterocycles. The van der Waals surface area contributed by atoms with Crippen molar-refractivity contribution in [3.63, 3.8) is 0 Å². The minimum Gasteiger partial charge on any atom is -0.546 e. The Labute approximate surface area is 173 Å². The van der Waals surface area contributed by atoms with E-state index in [0.717, 1.165) is 25.2 Å². The Morgan fingerprint density at radius 2 is 1.62 bits per heavy atom. The number of rotatable bonds is 12. The van der Waals surface area contributed by atoms with Gasteiger partial charge < -0.3 is 18.2 Å². The first-order valence-corrected chi connectivity index (χ1v) is 14.1. The van der Waals surface area contributed by atoms with Crippen LogP contribution in [-0.2, 0) is 27.6 Å². The van der Waals surface area contributed by atoms with E-state index in [1.54, 1.807) is 0 Å². The number of allylic oxidation sites excluding steroid dienone is 3. The number of methoxy groups -OCH3 is 1. The van der Waals surface area contributed by atoms with Crippen molar-refractivity contribution in [1.82, 2.24) is 0 Å². The third-order valence-corrected chi connectivity index (χ3v) is 12.1. The topological polar surface area (TPSA) is 71.1 Å². The summed E-state index contributed by atoms with van der Waals surface area (Å²) in [6, 6.07) is 2.51. The molecular formula is C19H33F2O6PSi. The highest BCUT2D eigenvalue weighted by atomic mass is 31.2. The molecule has 0 bridgehead atoms. The van der Waals surface area contributed by atoms with Crippen molar-refractivity contribution in [2.75, 3.05) is 20.3 Å². The van der Waals surface area contributed by atoms with Gasteiger partial charge in [0.2, 0.25) is 8.32 Å². The number of halogens is 2. The number of ether oxygens (including phenoxy) is 1. The first-order chi connectivity index (χ1) is 13.6. The maximum absolute atomic E-state index is 15.5. The van der Waals surface area contributed by atoms with Gasteiger partial charge in [0.1, 0.15) is 0 Å². The number of hydrogen-bond acceptors (Lipinski definition) is 6. The number of esters is 1. The Morgan fingerprint density at radius 3 is 2.03 bits per heavy atom. The van der Waals surface area contributed by atoms with Crippen LogP contribution in [0.15, 0.2) is 23.5 Å². The van der Waals surface area contributed by atoms with Gasteiger partial charge in [0.15, 0.2) is 0 Å². The van der Waals surface area contributed by atoms with E-state index in [1.807, 2.05) is 20.8 Å². The van der Waals surface area contributed by atoms with E-state index in [2.05, 4.69) is 4.74 Å². The third kappa shape index (κ3) is 5.57. The average Bonchev–Trinajstić information content (AvgIpc) is 2.71. The van der Waals surface area contributed by atoms with E-state index in [1.165, 1.54) is 26.0 Å². The highest BCUT2D eigenvalue weighted by molar-refractivity contribution is 7.55. The summed E-state index contributed by atoms with van der Waals surface area (Å²) < 4.78 is 64.6. The molecule has 0 heterocycles. The Kier molecular flexibility index (Phi) is 9.72. The minimum absolute atomic E-state index is 0.215. The van der Waals surface area contributed by atoms with Gasteiger partial charge in [-0.3, -0.25) is 4.57 Å². The van der Waals surface area contributed by atoms with E-state index < -0.39 is 33.5 Å². The molecule has 0 spiro atoms. The number of carbonyl (C=O) groups excluding carboxylic acids is 1. The highest BCUT2D eigenvalue weighted by Crippen LogP contribution is 2.67. The molecular weight excluding hydrogens is 421 g/mol. The lowest BCUT2D eigenvalue weighted by Crippen LogP contribution is -2.39. The lowest BCUT2D eigenvalue weighted by molar-refractivity contribution is -0.138. The zero-order valence-electron chi connectivity index (χ0n) is 18.1. The molecule has 0 saturated carbocycles. The Morgan fingerprint density at radius 1 is 1.10 bits per heavy atom. The number of carbonyl (C=O) groups is 1. The SMILES string of the molecule is CCOP(=O)(OCC)C(F)(F)C1CC(O[Si](CC)(CC)CC)=CC=C1C(=O)OC. The fraction of sp³-hybridized carbons (Fsp3) is 0.737. The third-order valence-electron chi connectivity index (χ3n) is 5.31. The molecule has 1 unspecified atom stereocenters. The normalized spacial score (nSPS) is 18.1. The van der Waals surface area contributed by atoms with Gasteiger partial charge in [0.05, 0.1) is 32.0 Å². The second kappa shape index (κ2) is 10.8. The van der Waals surface area contributed by atoms with E-state index in [4.69, 9.17) is 13.5 Å². The quantitative estimate of drug-likeness (QED) is 0.209. The van der Waals surface area contributed by atoms with Gasteiger partial charge in [-0.15, -0.1) is 0 Å². The molecule has 0 N–H and O–H groups in total. The zero-order valence-corrected chi connectivity index (χ0v) is 20.0. The maximum atomic E-state index is 15.5. The molecule has 29 heavy (non-hydrogen) atoms. The summed E-state index contributed by atoms with van der Waals surface area (Å²) in [6.07, 6.45) is 2.52. The van der Waals surface area contributed by atoms with Crippen LogP contribution in [0.3, 0.4) is 0 Å². The molecule has 0 fully saturated rings. The molecule has 0 saturated heterocycles. The second-order valence-corrected chi connectivity index (χ2v) is 13.6. The van der Waals surface area contributed by atoms with Gasteiger partial charge in [-0.1, -0.05) is 20.8 Å². The Balaban J connectivity index is 3.39. The molecule has 0 radical (unpaired) electrons. The molecule has 6 nitrogen and oxygen atoms in total. The largest absolute Gasteiger partial charge is 0.546 e. The second-order valence-electron chi connectivity index (χ2n) is 6.77. The monoisotopic (exact) mass is 454 g/mol. The molecule has 168 valence electrons. The van der Waals surface area contributed by atoms with Gasteiger partial charge in [-0.2, -0.15) is 8.78 Å². The summed E-state index contributed by atoms with van der Waals surface area (Å²) in [7, 11) is -5.83. The number of alkyl halides is 2. The molecule has 1 aliphatic carbocycles. The van der Waals surface area contributed by atoms with Crippen molar-refractivity contribution in [3.05, 3.63) is 23.5 Å². The van der Waals surface area contributed by atoms with E-state index in [9.17, 15) is 9.36 Å². The van der Waals surface area contributed by atoms with Crippen LogP contribution in [0.25, 0.3) is 0 Å². The lowest BCUT2D eigenvalue weighted by Gasteiger charge is -2.37. The van der Waals surface area contributed by atoms with Crippen molar-refractivity contribution in [2.24, 2.45) is 5.92 Å². The Bertz CT molecular complexity index is 657. The van der Waals surface area contributed by atoms with Gasteiger partial charge in [0, 0.05) is 12.0 Å². The van der Waals surface area contributed by atoms with E-state index >= 15 is 8.78 Å². The van der Waals surface area contributed by atoms with Crippen LogP contribution in [0, 0.1) is 5.92 Å². The highest BCUT2D eigenvalue weighted by Gasteiger charge is 2.61. The van der Waals surface area contributed by atoms with Crippen LogP contribution in [0.4, 0.5) is 8.78 Å². The predicted octanol–water partition coefficient (Wildman–Crippen LogP) is 5.87. The molecule has 0 aromatic heterocycles. The van der Waals surface area contributed by atoms with Crippen LogP contribution < -0.4 is 0 Å². The smallest absolute Gasteiger partial charge is 0.400 e. The fourth-order valence-corrected chi connectivity index (χ4v) is 7.73. The summed E-state index contributed by atoms with van der Waals surface area (Å²) >= 11 is 0. The molecule has 0 aromatic rings. The minimum atomic E-state index is -4.83. The summed E-state index contributed by atoms with van der Waals surface area (Å²) in [5.41, 5.74) is -4.21. The fourth-order valence-electron chi connectivity index (χ4n) is 3.38. The lowest BCUT2D eigenvalue weighted by atomic mass is 9.90. The van der Waals surface area contributed by atoms with E-state index in [0.29, 0.717) is 5.76 Å². The molecule has 1 aliphatic rings. The van der Waals surface area contributed by atoms with Gasteiger partial charge >= 0.3 is 19.2 Å². The van der Waals surface area contributed by atoms with Gasteiger partial charge in [-0.25, -0.2) is 4.79 Å². The average molecular weight is 455 g/mol. The maximum Gasteiger partial charge on any atom is 0.400 e. The molecule has 10 heteroatoms.